The molecule has 0 unspecified atom stereocenters. The molecule has 0 aliphatic carbocycles. The molecule has 2 nitrogen and oxygen atoms in total. The molecule has 0 saturated heterocycles. The first-order valence-corrected chi connectivity index (χ1v) is 5.54. The second-order valence-corrected chi connectivity index (χ2v) is 4.15. The fraction of sp³-hybridized carbons (Fsp3) is 0.250. The zero-order valence-corrected chi connectivity index (χ0v) is 9.66. The summed E-state index contributed by atoms with van der Waals surface area (Å²) in [4.78, 5) is 4.14. The lowest BCUT2D eigenvalue weighted by atomic mass is 10.0. The second kappa shape index (κ2) is 4.94. The topological polar surface area (TPSA) is 38.9 Å². The van der Waals surface area contributed by atoms with Crippen molar-refractivity contribution in [3.05, 3.63) is 41.0 Å². The number of nitrogens with zero attached hydrogens (tertiary/aromatic N) is 1. The highest BCUT2D eigenvalue weighted by Gasteiger charge is 2.17. The Balaban J connectivity index is 2.43. The van der Waals surface area contributed by atoms with Crippen LogP contribution in [0, 0.1) is 0 Å². The zero-order chi connectivity index (χ0) is 12.4. The number of benzene rings is 1. The van der Waals surface area contributed by atoms with Crippen molar-refractivity contribution in [2.45, 2.75) is 18.9 Å². The summed E-state index contributed by atoms with van der Waals surface area (Å²) in [7, 11) is 0. The Labute approximate surface area is 102 Å². The van der Waals surface area contributed by atoms with Gasteiger partial charge < -0.3 is 5.73 Å². The Hall–Kier alpha value is -1.26. The van der Waals surface area contributed by atoms with Crippen molar-refractivity contribution in [3.63, 3.8) is 0 Å². The second-order valence-electron chi connectivity index (χ2n) is 3.79. The summed E-state index contributed by atoms with van der Waals surface area (Å²) < 4.78 is 24.5. The van der Waals surface area contributed by atoms with Gasteiger partial charge in [0.05, 0.1) is 5.52 Å². The van der Waals surface area contributed by atoms with Gasteiger partial charge in [0.1, 0.15) is 5.15 Å². The summed E-state index contributed by atoms with van der Waals surface area (Å²) >= 11 is 5.95. The van der Waals surface area contributed by atoms with Crippen LogP contribution >= 0.6 is 11.6 Å². The number of hydrogen-bond acceptors (Lipinski definition) is 2. The van der Waals surface area contributed by atoms with Crippen LogP contribution < -0.4 is 5.73 Å². The van der Waals surface area contributed by atoms with Crippen LogP contribution in [0.5, 0.6) is 0 Å². The largest absolute Gasteiger partial charge is 0.324 e. The van der Waals surface area contributed by atoms with E-state index < -0.39 is 18.9 Å². The van der Waals surface area contributed by atoms with E-state index in [-0.39, 0.29) is 5.15 Å². The van der Waals surface area contributed by atoms with E-state index in [0.717, 1.165) is 10.9 Å². The van der Waals surface area contributed by atoms with Gasteiger partial charge in [0.25, 0.3) is 0 Å². The number of nitrogens with two attached hydrogens (primary N) is 1. The highest BCUT2D eigenvalue weighted by molar-refractivity contribution is 6.30. The minimum absolute atomic E-state index is 0.192. The zero-order valence-electron chi connectivity index (χ0n) is 8.91. The van der Waals surface area contributed by atoms with Gasteiger partial charge in [-0.15, -0.1) is 0 Å². The molecule has 2 N–H and O–H groups in total. The number of alkyl halides is 2. The van der Waals surface area contributed by atoms with Gasteiger partial charge in [0, 0.05) is 23.4 Å². The van der Waals surface area contributed by atoms with Gasteiger partial charge in [-0.1, -0.05) is 29.8 Å². The summed E-state index contributed by atoms with van der Waals surface area (Å²) in [5, 5.41) is 1.04. The number of rotatable bonds is 3. The third-order valence-corrected chi connectivity index (χ3v) is 2.84. The molecular weight excluding hydrogens is 246 g/mol. The molecular formula is C12H11ClF2N2. The van der Waals surface area contributed by atoms with E-state index in [1.165, 1.54) is 0 Å². The number of aromatic nitrogens is 1. The molecule has 90 valence electrons. The van der Waals surface area contributed by atoms with Crippen molar-refractivity contribution in [2.75, 3.05) is 0 Å². The third kappa shape index (κ3) is 2.70. The average Bonchev–Trinajstić information content (AvgIpc) is 2.27. The molecule has 17 heavy (non-hydrogen) atoms. The van der Waals surface area contributed by atoms with Crippen molar-refractivity contribution >= 4 is 22.5 Å². The molecule has 1 aromatic heterocycles. The predicted octanol–water partition coefficient (Wildman–Crippen LogP) is 3.54. The molecule has 2 rings (SSSR count). The summed E-state index contributed by atoms with van der Waals surface area (Å²) in [5.41, 5.74) is 6.87. The first-order chi connectivity index (χ1) is 8.08. The highest BCUT2D eigenvalue weighted by atomic mass is 35.5. The summed E-state index contributed by atoms with van der Waals surface area (Å²) in [6.07, 6.45) is -2.87. The van der Waals surface area contributed by atoms with Crippen LogP contribution in [-0.2, 0) is 0 Å². The summed E-state index contributed by atoms with van der Waals surface area (Å²) in [6.45, 7) is 0. The number of hydrogen-bond donors (Lipinski definition) is 1. The molecule has 0 amide bonds. The summed E-state index contributed by atoms with van der Waals surface area (Å²) in [6, 6.07) is 8.27. The van der Waals surface area contributed by atoms with Crippen LogP contribution in [0.15, 0.2) is 30.3 Å². The molecule has 0 spiro atoms. The monoisotopic (exact) mass is 256 g/mol. The lowest BCUT2D eigenvalue weighted by Gasteiger charge is -2.13. The minimum atomic E-state index is -2.45. The van der Waals surface area contributed by atoms with Crippen LogP contribution in [0.4, 0.5) is 8.78 Å². The molecule has 1 aromatic carbocycles. The first kappa shape index (κ1) is 12.2. The van der Waals surface area contributed by atoms with Crippen molar-refractivity contribution in [2.24, 2.45) is 5.73 Å². The maximum absolute atomic E-state index is 12.3. The van der Waals surface area contributed by atoms with Crippen molar-refractivity contribution in [1.29, 1.82) is 0 Å². The fourth-order valence-corrected chi connectivity index (χ4v) is 1.97. The molecule has 0 bridgehead atoms. The summed E-state index contributed by atoms with van der Waals surface area (Å²) in [5.74, 6) is 0. The molecule has 0 aliphatic heterocycles. The molecule has 1 heterocycles. The molecule has 5 heteroatoms. The van der Waals surface area contributed by atoms with E-state index >= 15 is 0 Å². The SMILES string of the molecule is N[C@H](CC(F)F)c1cc2ccccc2nc1Cl. The Kier molecular flexibility index (Phi) is 3.54. The van der Waals surface area contributed by atoms with Gasteiger partial charge in [-0.05, 0) is 12.1 Å². The van der Waals surface area contributed by atoms with E-state index in [0.29, 0.717) is 5.56 Å². The third-order valence-electron chi connectivity index (χ3n) is 2.54. The van der Waals surface area contributed by atoms with E-state index in [9.17, 15) is 8.78 Å². The lowest BCUT2D eigenvalue weighted by molar-refractivity contribution is 0.128. The molecule has 2 aromatic rings. The Morgan fingerprint density at radius 2 is 2.00 bits per heavy atom. The normalized spacial score (nSPS) is 13.2. The van der Waals surface area contributed by atoms with E-state index in [1.54, 1.807) is 6.07 Å². The molecule has 0 radical (unpaired) electrons. The van der Waals surface area contributed by atoms with Gasteiger partial charge in [0.2, 0.25) is 6.43 Å². The molecule has 1 atom stereocenters. The quantitative estimate of drug-likeness (QED) is 0.853. The number of halogens is 3. The minimum Gasteiger partial charge on any atom is -0.324 e. The van der Waals surface area contributed by atoms with Crippen LogP contribution in [0.25, 0.3) is 10.9 Å². The van der Waals surface area contributed by atoms with Crippen LogP contribution in [0.2, 0.25) is 5.15 Å². The van der Waals surface area contributed by atoms with Crippen LogP contribution in [0.1, 0.15) is 18.0 Å². The van der Waals surface area contributed by atoms with E-state index in [2.05, 4.69) is 4.98 Å². The molecule has 0 fully saturated rings. The maximum atomic E-state index is 12.3. The smallest absolute Gasteiger partial charge is 0.240 e. The van der Waals surface area contributed by atoms with Crippen molar-refractivity contribution in [3.8, 4) is 0 Å². The van der Waals surface area contributed by atoms with Gasteiger partial charge in [-0.2, -0.15) is 0 Å². The number of pyridine rings is 1. The lowest BCUT2D eigenvalue weighted by Crippen LogP contribution is -2.15. The molecule has 0 aliphatic rings. The van der Waals surface area contributed by atoms with E-state index in [1.807, 2.05) is 24.3 Å². The van der Waals surface area contributed by atoms with E-state index in [4.69, 9.17) is 17.3 Å². The average molecular weight is 257 g/mol. The number of para-hydroxylation sites is 1. The maximum Gasteiger partial charge on any atom is 0.240 e. The highest BCUT2D eigenvalue weighted by Crippen LogP contribution is 2.27. The first-order valence-electron chi connectivity index (χ1n) is 5.17. The van der Waals surface area contributed by atoms with Gasteiger partial charge >= 0.3 is 0 Å². The van der Waals surface area contributed by atoms with Gasteiger partial charge in [-0.3, -0.25) is 0 Å². The van der Waals surface area contributed by atoms with Crippen LogP contribution in [-0.4, -0.2) is 11.4 Å². The van der Waals surface area contributed by atoms with Crippen molar-refractivity contribution in [1.82, 2.24) is 4.98 Å². The number of fused-ring (bicyclic) bond motifs is 1. The predicted molar refractivity (Wildman–Crippen MR) is 64.3 cm³/mol. The van der Waals surface area contributed by atoms with Crippen molar-refractivity contribution < 1.29 is 8.78 Å². The fourth-order valence-electron chi connectivity index (χ4n) is 1.69. The van der Waals surface area contributed by atoms with Gasteiger partial charge in [0.15, 0.2) is 0 Å². The Morgan fingerprint density at radius 3 is 2.71 bits per heavy atom. The standard InChI is InChI=1S/C12H11ClF2N2/c13-12-8(9(16)6-11(14)15)5-7-3-1-2-4-10(7)17-12/h1-5,9,11H,6,16H2/t9-/m1/s1. The Bertz CT molecular complexity index is 531. The van der Waals surface area contributed by atoms with Gasteiger partial charge in [-0.25, -0.2) is 13.8 Å². The molecule has 0 saturated carbocycles. The van der Waals surface area contributed by atoms with Crippen LogP contribution in [0.3, 0.4) is 0 Å². The Morgan fingerprint density at radius 1 is 1.29 bits per heavy atom.